The van der Waals surface area contributed by atoms with E-state index in [1.807, 2.05) is 6.07 Å². The predicted octanol–water partition coefficient (Wildman–Crippen LogP) is 3.79. The molecule has 3 nitrogen and oxygen atoms in total. The number of thiocarbonyl (C=S) groups is 1. The molecular weight excluding hydrogens is 366 g/mol. The molecule has 0 aliphatic rings. The number of carbonyl (C=O) groups is 1. The van der Waals surface area contributed by atoms with Crippen molar-refractivity contribution in [1.29, 1.82) is 0 Å². The molecule has 1 aromatic heterocycles. The van der Waals surface area contributed by atoms with E-state index in [2.05, 4.69) is 5.32 Å². The summed E-state index contributed by atoms with van der Waals surface area (Å²) in [6, 6.07) is 16.1. The second-order valence-electron chi connectivity index (χ2n) is 5.94. The smallest absolute Gasteiger partial charge is 0.270 e. The van der Waals surface area contributed by atoms with Gasteiger partial charge in [0, 0.05) is 24.2 Å². The van der Waals surface area contributed by atoms with Gasteiger partial charge in [-0.3, -0.25) is 4.79 Å². The molecule has 27 heavy (non-hydrogen) atoms. The normalized spacial score (nSPS) is 11.6. The van der Waals surface area contributed by atoms with Crippen molar-refractivity contribution in [3.8, 4) is 0 Å². The number of Topliss-reactive ketones (excluding diaryl/α,β-unsaturated/α-hetero) is 1. The monoisotopic (exact) mass is 383 g/mol. The highest BCUT2D eigenvalue weighted by molar-refractivity contribution is 7.80. The van der Waals surface area contributed by atoms with E-state index in [1.54, 1.807) is 41.2 Å². The SMILES string of the molecule is O=C(c1ccc(F)cc1)[C@@H](C(=S)NCc1ccc(F)cc1)[n+]1ccccc1. The number of rotatable bonds is 6. The lowest BCUT2D eigenvalue weighted by Gasteiger charge is -2.15. The number of benzene rings is 2. The van der Waals surface area contributed by atoms with Gasteiger partial charge in [0.15, 0.2) is 17.4 Å². The number of hydrogen-bond donors (Lipinski definition) is 1. The molecule has 0 unspecified atom stereocenters. The van der Waals surface area contributed by atoms with Gasteiger partial charge in [-0.15, -0.1) is 0 Å². The van der Waals surface area contributed by atoms with E-state index < -0.39 is 11.9 Å². The molecule has 0 amide bonds. The summed E-state index contributed by atoms with van der Waals surface area (Å²) in [6.45, 7) is 0.361. The molecule has 6 heteroatoms. The van der Waals surface area contributed by atoms with Crippen molar-refractivity contribution < 1.29 is 18.1 Å². The summed E-state index contributed by atoms with van der Waals surface area (Å²) in [7, 11) is 0. The minimum atomic E-state index is -0.771. The second-order valence-corrected chi connectivity index (χ2v) is 6.38. The number of ketones is 1. The van der Waals surface area contributed by atoms with E-state index >= 15 is 0 Å². The molecule has 0 aliphatic carbocycles. The van der Waals surface area contributed by atoms with Crippen LogP contribution in [-0.4, -0.2) is 10.8 Å². The Morgan fingerprint density at radius 1 is 0.926 bits per heavy atom. The summed E-state index contributed by atoms with van der Waals surface area (Å²) >= 11 is 5.48. The van der Waals surface area contributed by atoms with Crippen LogP contribution < -0.4 is 9.88 Å². The predicted molar refractivity (Wildman–Crippen MR) is 102 cm³/mol. The van der Waals surface area contributed by atoms with Crippen LogP contribution >= 0.6 is 12.2 Å². The maximum Gasteiger partial charge on any atom is 0.270 e. The Bertz CT molecular complexity index is 929. The minimum Gasteiger partial charge on any atom is -0.370 e. The first kappa shape index (κ1) is 18.8. The molecule has 3 rings (SSSR count). The van der Waals surface area contributed by atoms with E-state index in [1.165, 1.54) is 36.4 Å². The van der Waals surface area contributed by atoms with Gasteiger partial charge < -0.3 is 5.32 Å². The van der Waals surface area contributed by atoms with Crippen molar-refractivity contribution in [3.05, 3.63) is 102 Å². The average molecular weight is 383 g/mol. The Labute approximate surface area is 161 Å². The second kappa shape index (κ2) is 8.60. The van der Waals surface area contributed by atoms with Crippen molar-refractivity contribution in [3.63, 3.8) is 0 Å². The number of nitrogens with one attached hydrogen (secondary N) is 1. The van der Waals surface area contributed by atoms with Crippen LogP contribution in [0, 0.1) is 11.6 Å². The number of hydrogen-bond acceptors (Lipinski definition) is 2. The van der Waals surface area contributed by atoms with Crippen molar-refractivity contribution in [1.82, 2.24) is 5.32 Å². The van der Waals surface area contributed by atoms with E-state index in [-0.39, 0.29) is 11.6 Å². The summed E-state index contributed by atoms with van der Waals surface area (Å²) in [6.07, 6.45) is 3.50. The van der Waals surface area contributed by atoms with Gasteiger partial charge in [0.1, 0.15) is 11.6 Å². The largest absolute Gasteiger partial charge is 0.370 e. The lowest BCUT2D eigenvalue weighted by Crippen LogP contribution is -2.51. The van der Waals surface area contributed by atoms with E-state index in [0.29, 0.717) is 17.1 Å². The van der Waals surface area contributed by atoms with Crippen molar-refractivity contribution in [2.45, 2.75) is 12.6 Å². The van der Waals surface area contributed by atoms with Crippen molar-refractivity contribution in [2.24, 2.45) is 0 Å². The first-order valence-corrected chi connectivity index (χ1v) is 8.73. The fourth-order valence-corrected chi connectivity index (χ4v) is 2.94. The molecule has 0 radical (unpaired) electrons. The Balaban J connectivity index is 1.83. The highest BCUT2D eigenvalue weighted by atomic mass is 32.1. The van der Waals surface area contributed by atoms with Crippen LogP contribution in [0.3, 0.4) is 0 Å². The topological polar surface area (TPSA) is 33.0 Å². The molecule has 0 spiro atoms. The van der Waals surface area contributed by atoms with E-state index in [4.69, 9.17) is 12.2 Å². The van der Waals surface area contributed by atoms with Gasteiger partial charge in [0.05, 0.1) is 0 Å². The van der Waals surface area contributed by atoms with Gasteiger partial charge in [-0.25, -0.2) is 8.78 Å². The van der Waals surface area contributed by atoms with Crippen molar-refractivity contribution >= 4 is 23.0 Å². The van der Waals surface area contributed by atoms with Crippen LogP contribution in [0.2, 0.25) is 0 Å². The number of aromatic nitrogens is 1. The number of halogens is 2. The standard InChI is InChI=1S/C21H16F2N2OS/c22-17-8-4-15(5-9-17)14-24-21(27)19(25-12-2-1-3-13-25)20(26)16-6-10-18(23)11-7-16/h1-13,19H,14H2/p+1/t19-/m0/s1. The summed E-state index contributed by atoms with van der Waals surface area (Å²) in [4.78, 5) is 13.4. The molecule has 136 valence electrons. The summed E-state index contributed by atoms with van der Waals surface area (Å²) in [5.74, 6) is -0.971. The average Bonchev–Trinajstić information content (AvgIpc) is 2.69. The molecule has 1 N–H and O–H groups in total. The van der Waals surface area contributed by atoms with Crippen LogP contribution in [0.5, 0.6) is 0 Å². The van der Waals surface area contributed by atoms with Crippen LogP contribution in [0.15, 0.2) is 79.1 Å². The Kier molecular flexibility index (Phi) is 5.98. The lowest BCUT2D eigenvalue weighted by molar-refractivity contribution is -0.692. The fraction of sp³-hybridized carbons (Fsp3) is 0.0952. The van der Waals surface area contributed by atoms with Gasteiger partial charge in [-0.2, -0.15) is 4.57 Å². The van der Waals surface area contributed by atoms with Gasteiger partial charge in [0.25, 0.3) is 6.04 Å². The number of pyridine rings is 1. The molecule has 0 saturated carbocycles. The fourth-order valence-electron chi connectivity index (χ4n) is 2.63. The third-order valence-corrected chi connectivity index (χ3v) is 4.41. The van der Waals surface area contributed by atoms with Crippen LogP contribution in [0.1, 0.15) is 22.0 Å². The molecular formula is C21H17F2N2OS+. The Hall–Kier alpha value is -2.99. The van der Waals surface area contributed by atoms with Crippen LogP contribution in [0.25, 0.3) is 0 Å². The van der Waals surface area contributed by atoms with Gasteiger partial charge in [0.2, 0.25) is 5.78 Å². The molecule has 0 fully saturated rings. The Morgan fingerprint density at radius 2 is 1.48 bits per heavy atom. The van der Waals surface area contributed by atoms with E-state index in [0.717, 1.165) is 5.56 Å². The highest BCUT2D eigenvalue weighted by Gasteiger charge is 2.32. The zero-order valence-electron chi connectivity index (χ0n) is 14.3. The number of carbonyl (C=O) groups excluding carboxylic acids is 1. The quantitative estimate of drug-likeness (QED) is 0.399. The van der Waals surface area contributed by atoms with Gasteiger partial charge >= 0.3 is 0 Å². The van der Waals surface area contributed by atoms with Gasteiger partial charge in [-0.05, 0) is 42.0 Å². The van der Waals surface area contributed by atoms with Gasteiger partial charge in [-0.1, -0.05) is 30.4 Å². The zero-order valence-corrected chi connectivity index (χ0v) is 15.1. The minimum absolute atomic E-state index is 0.247. The molecule has 3 aromatic rings. The maximum absolute atomic E-state index is 13.2. The lowest BCUT2D eigenvalue weighted by atomic mass is 10.0. The molecule has 0 aliphatic heterocycles. The molecule has 1 atom stereocenters. The first-order chi connectivity index (χ1) is 13.0. The van der Waals surface area contributed by atoms with Crippen molar-refractivity contribution in [2.75, 3.05) is 0 Å². The molecule has 0 saturated heterocycles. The maximum atomic E-state index is 13.2. The third-order valence-electron chi connectivity index (χ3n) is 4.04. The summed E-state index contributed by atoms with van der Waals surface area (Å²) in [5, 5.41) is 3.07. The summed E-state index contributed by atoms with van der Waals surface area (Å²) in [5.41, 5.74) is 1.20. The molecule has 1 heterocycles. The first-order valence-electron chi connectivity index (χ1n) is 8.32. The molecule has 2 aromatic carbocycles. The Morgan fingerprint density at radius 3 is 2.07 bits per heavy atom. The number of nitrogens with zero attached hydrogens (tertiary/aromatic N) is 1. The summed E-state index contributed by atoms with van der Waals surface area (Å²) < 4.78 is 27.9. The molecule has 0 bridgehead atoms. The van der Waals surface area contributed by atoms with Crippen LogP contribution in [-0.2, 0) is 6.54 Å². The van der Waals surface area contributed by atoms with Crippen LogP contribution in [0.4, 0.5) is 8.78 Å². The van der Waals surface area contributed by atoms with E-state index in [9.17, 15) is 13.6 Å². The third kappa shape index (κ3) is 4.80. The zero-order chi connectivity index (χ0) is 19.2. The highest BCUT2D eigenvalue weighted by Crippen LogP contribution is 2.13.